The molecule has 0 saturated heterocycles. The molecule has 0 heterocycles. The Hall–Kier alpha value is -1.58. The van der Waals surface area contributed by atoms with Gasteiger partial charge in [-0.2, -0.15) is 0 Å². The van der Waals surface area contributed by atoms with Crippen molar-refractivity contribution in [3.8, 4) is 0 Å². The molecule has 1 aliphatic rings. The third-order valence-corrected chi connectivity index (χ3v) is 5.58. The largest absolute Gasteiger partial charge is 0.206 e. The summed E-state index contributed by atoms with van der Waals surface area (Å²) in [5.74, 6) is -4.21. The van der Waals surface area contributed by atoms with Gasteiger partial charge in [-0.3, -0.25) is 0 Å². The second-order valence-electron chi connectivity index (χ2n) is 7.30. The van der Waals surface area contributed by atoms with Crippen LogP contribution in [0.1, 0.15) is 69.8 Å². The highest BCUT2D eigenvalue weighted by Crippen LogP contribution is 2.39. The third kappa shape index (κ3) is 3.83. The molecule has 0 amide bonds. The molecule has 2 aromatic carbocycles. The Kier molecular flexibility index (Phi) is 5.65. The molecule has 1 fully saturated rings. The molecule has 0 unspecified atom stereocenters. The summed E-state index contributed by atoms with van der Waals surface area (Å²) in [6.45, 7) is 2.20. The van der Waals surface area contributed by atoms with Crippen LogP contribution in [-0.2, 0) is 0 Å². The smallest absolute Gasteiger partial charge is 0.195 e. The normalized spacial score (nSPS) is 21.0. The van der Waals surface area contributed by atoms with Gasteiger partial charge in [-0.25, -0.2) is 17.6 Å². The lowest BCUT2D eigenvalue weighted by Crippen LogP contribution is -2.13. The molecular weight excluding hydrogens is 328 g/mol. The van der Waals surface area contributed by atoms with E-state index in [1.54, 1.807) is 6.07 Å². The summed E-state index contributed by atoms with van der Waals surface area (Å²) >= 11 is 0. The molecular formula is C21H24F4. The number of rotatable bonds is 5. The van der Waals surface area contributed by atoms with E-state index in [0.29, 0.717) is 0 Å². The third-order valence-electron chi connectivity index (χ3n) is 5.58. The summed E-state index contributed by atoms with van der Waals surface area (Å²) in [5, 5.41) is -0.368. The van der Waals surface area contributed by atoms with E-state index in [0.717, 1.165) is 43.2 Å². The fourth-order valence-corrected chi connectivity index (χ4v) is 4.11. The van der Waals surface area contributed by atoms with Gasteiger partial charge in [0.15, 0.2) is 17.5 Å². The molecule has 0 aliphatic heterocycles. The first kappa shape index (κ1) is 18.2. The maximum absolute atomic E-state index is 14.3. The molecule has 1 saturated carbocycles. The van der Waals surface area contributed by atoms with E-state index in [1.807, 2.05) is 0 Å². The first-order valence-electron chi connectivity index (χ1n) is 9.28. The molecule has 0 radical (unpaired) electrons. The zero-order chi connectivity index (χ0) is 18.0. The van der Waals surface area contributed by atoms with Crippen molar-refractivity contribution in [2.24, 2.45) is 5.92 Å². The van der Waals surface area contributed by atoms with E-state index in [9.17, 15) is 17.6 Å². The molecule has 136 valence electrons. The predicted octanol–water partition coefficient (Wildman–Crippen LogP) is 7.25. The first-order valence-corrected chi connectivity index (χ1v) is 9.28. The quantitative estimate of drug-likeness (QED) is 0.302. The molecule has 0 N–H and O–H groups in total. The fraction of sp³-hybridized carbons (Fsp3) is 0.524. The van der Waals surface area contributed by atoms with Crippen LogP contribution in [-0.4, -0.2) is 0 Å². The Balaban J connectivity index is 1.78. The summed E-state index contributed by atoms with van der Waals surface area (Å²) in [6.07, 6.45) is 9.16. The Morgan fingerprint density at radius 2 is 1.56 bits per heavy atom. The molecule has 0 bridgehead atoms. The Morgan fingerprint density at radius 3 is 2.24 bits per heavy atom. The second kappa shape index (κ2) is 7.76. The number of benzene rings is 2. The topological polar surface area (TPSA) is 0 Å². The molecule has 0 atom stereocenters. The minimum Gasteiger partial charge on any atom is -0.206 e. The summed E-state index contributed by atoms with van der Waals surface area (Å²) < 4.78 is 55.0. The van der Waals surface area contributed by atoms with Crippen LogP contribution >= 0.6 is 0 Å². The maximum atomic E-state index is 14.3. The summed E-state index contributed by atoms with van der Waals surface area (Å²) in [6, 6.07) is 3.80. The average molecular weight is 352 g/mol. The van der Waals surface area contributed by atoms with Crippen molar-refractivity contribution in [1.29, 1.82) is 0 Å². The number of hydrogen-bond acceptors (Lipinski definition) is 0. The lowest BCUT2D eigenvalue weighted by molar-refractivity contribution is 0.302. The number of hydrogen-bond donors (Lipinski definition) is 0. The average Bonchev–Trinajstić information content (AvgIpc) is 2.60. The standard InChI is InChI=1S/C21H24F4/c1-2-3-4-5-13-6-8-14(9-7-13)15-10-16-12-18(23)20(24)21(25)19(16)17(22)11-15/h10-14H,2-9H2,1H3. The van der Waals surface area contributed by atoms with Crippen molar-refractivity contribution >= 4 is 10.8 Å². The van der Waals surface area contributed by atoms with Crippen LogP contribution in [0, 0.1) is 29.2 Å². The Labute approximate surface area is 146 Å². The van der Waals surface area contributed by atoms with Crippen LogP contribution in [0.4, 0.5) is 17.6 Å². The highest BCUT2D eigenvalue weighted by atomic mass is 19.2. The Morgan fingerprint density at radius 1 is 0.840 bits per heavy atom. The molecule has 25 heavy (non-hydrogen) atoms. The molecule has 0 aromatic heterocycles. The van der Waals surface area contributed by atoms with Gasteiger partial charge in [-0.05, 0) is 60.6 Å². The van der Waals surface area contributed by atoms with E-state index >= 15 is 0 Å². The molecule has 0 nitrogen and oxygen atoms in total. The van der Waals surface area contributed by atoms with Crippen molar-refractivity contribution in [2.45, 2.75) is 64.2 Å². The van der Waals surface area contributed by atoms with Gasteiger partial charge >= 0.3 is 0 Å². The molecule has 4 heteroatoms. The second-order valence-corrected chi connectivity index (χ2v) is 7.30. The number of halogens is 4. The number of fused-ring (bicyclic) bond motifs is 1. The van der Waals surface area contributed by atoms with Crippen molar-refractivity contribution in [3.63, 3.8) is 0 Å². The van der Waals surface area contributed by atoms with Crippen LogP contribution in [0.25, 0.3) is 10.8 Å². The van der Waals surface area contributed by atoms with E-state index < -0.39 is 28.7 Å². The van der Waals surface area contributed by atoms with E-state index in [2.05, 4.69) is 6.92 Å². The van der Waals surface area contributed by atoms with Gasteiger partial charge in [-0.15, -0.1) is 0 Å². The molecule has 1 aliphatic carbocycles. The van der Waals surface area contributed by atoms with Crippen molar-refractivity contribution in [3.05, 3.63) is 47.0 Å². The van der Waals surface area contributed by atoms with Crippen LogP contribution in [0.2, 0.25) is 0 Å². The monoisotopic (exact) mass is 352 g/mol. The first-order chi connectivity index (χ1) is 12.0. The van der Waals surface area contributed by atoms with Crippen molar-refractivity contribution in [2.75, 3.05) is 0 Å². The van der Waals surface area contributed by atoms with Gasteiger partial charge in [0.1, 0.15) is 5.82 Å². The van der Waals surface area contributed by atoms with Gasteiger partial charge < -0.3 is 0 Å². The van der Waals surface area contributed by atoms with Crippen LogP contribution in [0.3, 0.4) is 0 Å². The predicted molar refractivity (Wildman–Crippen MR) is 92.6 cm³/mol. The minimum atomic E-state index is -1.62. The molecule has 3 rings (SSSR count). The van der Waals surface area contributed by atoms with Gasteiger partial charge in [0.25, 0.3) is 0 Å². The Bertz CT molecular complexity index is 745. The summed E-state index contributed by atoms with van der Waals surface area (Å²) in [5.41, 5.74) is 0.766. The van der Waals surface area contributed by atoms with Gasteiger partial charge in [-0.1, -0.05) is 38.7 Å². The van der Waals surface area contributed by atoms with Crippen molar-refractivity contribution in [1.82, 2.24) is 0 Å². The van der Waals surface area contributed by atoms with E-state index in [1.165, 1.54) is 31.7 Å². The highest BCUT2D eigenvalue weighted by molar-refractivity contribution is 5.84. The van der Waals surface area contributed by atoms with Gasteiger partial charge in [0.2, 0.25) is 0 Å². The fourth-order valence-electron chi connectivity index (χ4n) is 4.11. The van der Waals surface area contributed by atoms with Crippen LogP contribution in [0.5, 0.6) is 0 Å². The minimum absolute atomic E-state index is 0.0940. The van der Waals surface area contributed by atoms with Gasteiger partial charge in [0.05, 0.1) is 5.39 Å². The van der Waals surface area contributed by atoms with E-state index in [4.69, 9.17) is 0 Å². The maximum Gasteiger partial charge on any atom is 0.195 e. The summed E-state index contributed by atoms with van der Waals surface area (Å²) in [7, 11) is 0. The SMILES string of the molecule is CCCCCC1CCC(c2cc(F)c3c(F)c(F)c(F)cc3c2)CC1. The zero-order valence-electron chi connectivity index (χ0n) is 14.6. The van der Waals surface area contributed by atoms with Crippen LogP contribution in [0.15, 0.2) is 18.2 Å². The summed E-state index contributed by atoms with van der Waals surface area (Å²) in [4.78, 5) is 0. The molecule has 0 spiro atoms. The molecule has 2 aromatic rings. The lowest BCUT2D eigenvalue weighted by atomic mass is 9.76. The number of unbranched alkanes of at least 4 members (excludes halogenated alkanes) is 2. The van der Waals surface area contributed by atoms with E-state index in [-0.39, 0.29) is 11.3 Å². The lowest BCUT2D eigenvalue weighted by Gasteiger charge is -2.29. The van der Waals surface area contributed by atoms with Crippen molar-refractivity contribution < 1.29 is 17.6 Å². The van der Waals surface area contributed by atoms with Crippen LogP contribution < -0.4 is 0 Å². The zero-order valence-corrected chi connectivity index (χ0v) is 14.6. The highest BCUT2D eigenvalue weighted by Gasteiger charge is 2.24. The van der Waals surface area contributed by atoms with Gasteiger partial charge in [0, 0.05) is 0 Å².